The summed E-state index contributed by atoms with van der Waals surface area (Å²) in [6.07, 6.45) is 0.135. The molecule has 1 aromatic rings. The Morgan fingerprint density at radius 3 is 3.19 bits per heavy atom. The van der Waals surface area contributed by atoms with E-state index in [0.717, 1.165) is 17.9 Å². The second-order valence-electron chi connectivity index (χ2n) is 5.34. The van der Waals surface area contributed by atoms with E-state index in [4.69, 9.17) is 14.2 Å². The van der Waals surface area contributed by atoms with Crippen LogP contribution >= 0.6 is 0 Å². The molecule has 6 heteroatoms. The second kappa shape index (κ2) is 5.99. The van der Waals surface area contributed by atoms with Crippen molar-refractivity contribution >= 4 is 5.97 Å². The van der Waals surface area contributed by atoms with E-state index in [-0.39, 0.29) is 17.9 Å². The molecule has 0 aromatic heterocycles. The smallest absolute Gasteiger partial charge is 0.336 e. The summed E-state index contributed by atoms with van der Waals surface area (Å²) in [5.41, 5.74) is 0.901. The summed E-state index contributed by atoms with van der Waals surface area (Å²) in [5, 5.41) is 0. The molecule has 1 saturated heterocycles. The minimum atomic E-state index is -0.537. The third kappa shape index (κ3) is 3.16. The van der Waals surface area contributed by atoms with E-state index in [1.54, 1.807) is 6.07 Å². The van der Waals surface area contributed by atoms with Gasteiger partial charge in [-0.3, -0.25) is 4.90 Å². The molecule has 0 amide bonds. The fourth-order valence-electron chi connectivity index (χ4n) is 2.82. The zero-order valence-corrected chi connectivity index (χ0v) is 11.9. The quantitative estimate of drug-likeness (QED) is 0.779. The molecule has 2 unspecified atom stereocenters. The molecule has 1 fully saturated rings. The Morgan fingerprint density at radius 2 is 2.38 bits per heavy atom. The highest BCUT2D eigenvalue weighted by Crippen LogP contribution is 2.29. The van der Waals surface area contributed by atoms with Gasteiger partial charge in [-0.25, -0.2) is 9.18 Å². The van der Waals surface area contributed by atoms with Crippen LogP contribution in [0.5, 0.6) is 5.75 Å². The molecule has 2 atom stereocenters. The van der Waals surface area contributed by atoms with Gasteiger partial charge < -0.3 is 14.2 Å². The van der Waals surface area contributed by atoms with Gasteiger partial charge >= 0.3 is 5.97 Å². The SMILES string of the molecule is COC(=O)C1CN(CC2Cc3cc(F)ccc3O2)CCO1. The van der Waals surface area contributed by atoms with E-state index in [1.807, 2.05) is 0 Å². The molecule has 0 spiro atoms. The van der Waals surface area contributed by atoms with Gasteiger partial charge in [0.2, 0.25) is 0 Å². The molecule has 0 radical (unpaired) electrons. The Labute approximate surface area is 122 Å². The number of ether oxygens (including phenoxy) is 3. The Balaban J connectivity index is 1.57. The standard InChI is InChI=1S/C15H18FNO4/c1-19-15(18)14-9-17(4-5-20-14)8-12-7-10-6-11(16)2-3-13(10)21-12/h2-3,6,12,14H,4-5,7-9H2,1H3. The number of methoxy groups -OCH3 is 1. The highest BCUT2D eigenvalue weighted by molar-refractivity contribution is 5.74. The molecular formula is C15H18FNO4. The van der Waals surface area contributed by atoms with Crippen LogP contribution in [-0.4, -0.2) is 56.4 Å². The normalized spacial score (nSPS) is 25.2. The molecular weight excluding hydrogens is 277 g/mol. The first-order valence-corrected chi connectivity index (χ1v) is 7.02. The first-order chi connectivity index (χ1) is 10.2. The number of fused-ring (bicyclic) bond motifs is 1. The molecule has 114 valence electrons. The maximum atomic E-state index is 13.2. The lowest BCUT2D eigenvalue weighted by Crippen LogP contribution is -2.49. The fourth-order valence-corrected chi connectivity index (χ4v) is 2.82. The summed E-state index contributed by atoms with van der Waals surface area (Å²) in [7, 11) is 1.36. The monoisotopic (exact) mass is 295 g/mol. The summed E-state index contributed by atoms with van der Waals surface area (Å²) in [5.74, 6) is 0.159. The van der Waals surface area contributed by atoms with Crippen molar-refractivity contribution in [3.05, 3.63) is 29.6 Å². The van der Waals surface area contributed by atoms with Crippen LogP contribution in [0.3, 0.4) is 0 Å². The Morgan fingerprint density at radius 1 is 1.52 bits per heavy atom. The molecule has 2 heterocycles. The molecule has 2 aliphatic heterocycles. The minimum Gasteiger partial charge on any atom is -0.488 e. The second-order valence-corrected chi connectivity index (χ2v) is 5.34. The molecule has 0 saturated carbocycles. The number of hydrogen-bond acceptors (Lipinski definition) is 5. The number of hydrogen-bond donors (Lipinski definition) is 0. The molecule has 0 bridgehead atoms. The number of morpholine rings is 1. The molecule has 1 aromatic carbocycles. The van der Waals surface area contributed by atoms with Crippen molar-refractivity contribution in [2.45, 2.75) is 18.6 Å². The number of nitrogens with zero attached hydrogens (tertiary/aromatic N) is 1. The summed E-state index contributed by atoms with van der Waals surface area (Å²) in [6, 6.07) is 4.59. The van der Waals surface area contributed by atoms with Gasteiger partial charge in [0.1, 0.15) is 17.7 Å². The van der Waals surface area contributed by atoms with E-state index in [1.165, 1.54) is 19.2 Å². The topological polar surface area (TPSA) is 48.0 Å². The average Bonchev–Trinajstić information content (AvgIpc) is 2.88. The van der Waals surface area contributed by atoms with Gasteiger partial charge in [0.05, 0.1) is 13.7 Å². The van der Waals surface area contributed by atoms with Gasteiger partial charge in [0, 0.05) is 31.6 Å². The number of carbonyl (C=O) groups excluding carboxylic acids is 1. The van der Waals surface area contributed by atoms with E-state index in [0.29, 0.717) is 26.1 Å². The molecule has 5 nitrogen and oxygen atoms in total. The van der Waals surface area contributed by atoms with E-state index in [2.05, 4.69) is 4.90 Å². The Kier molecular flexibility index (Phi) is 4.07. The summed E-state index contributed by atoms with van der Waals surface area (Å²) < 4.78 is 29.1. The van der Waals surface area contributed by atoms with Crippen LogP contribution in [0.4, 0.5) is 4.39 Å². The van der Waals surface area contributed by atoms with Crippen LogP contribution in [0.2, 0.25) is 0 Å². The van der Waals surface area contributed by atoms with Crippen LogP contribution in [0, 0.1) is 5.82 Å². The number of halogens is 1. The summed E-state index contributed by atoms with van der Waals surface area (Å²) in [6.45, 7) is 2.43. The maximum Gasteiger partial charge on any atom is 0.336 e. The molecule has 2 aliphatic rings. The van der Waals surface area contributed by atoms with Crippen molar-refractivity contribution < 1.29 is 23.4 Å². The van der Waals surface area contributed by atoms with E-state index >= 15 is 0 Å². The zero-order chi connectivity index (χ0) is 14.8. The van der Waals surface area contributed by atoms with Gasteiger partial charge in [-0.05, 0) is 18.2 Å². The van der Waals surface area contributed by atoms with Crippen LogP contribution in [0.1, 0.15) is 5.56 Å². The lowest BCUT2D eigenvalue weighted by atomic mass is 10.1. The van der Waals surface area contributed by atoms with Gasteiger partial charge in [-0.15, -0.1) is 0 Å². The molecule has 21 heavy (non-hydrogen) atoms. The summed E-state index contributed by atoms with van der Waals surface area (Å²) in [4.78, 5) is 13.6. The Hall–Kier alpha value is -1.66. The zero-order valence-electron chi connectivity index (χ0n) is 11.9. The van der Waals surface area contributed by atoms with Gasteiger partial charge in [0.15, 0.2) is 6.10 Å². The Bertz CT molecular complexity index is 536. The number of benzene rings is 1. The van der Waals surface area contributed by atoms with Crippen molar-refractivity contribution in [3.63, 3.8) is 0 Å². The van der Waals surface area contributed by atoms with Crippen molar-refractivity contribution in [2.24, 2.45) is 0 Å². The fraction of sp³-hybridized carbons (Fsp3) is 0.533. The maximum absolute atomic E-state index is 13.2. The van der Waals surface area contributed by atoms with Gasteiger partial charge in [0.25, 0.3) is 0 Å². The van der Waals surface area contributed by atoms with Crippen LogP contribution < -0.4 is 4.74 Å². The van der Waals surface area contributed by atoms with Gasteiger partial charge in [-0.1, -0.05) is 0 Å². The lowest BCUT2D eigenvalue weighted by Gasteiger charge is -2.32. The van der Waals surface area contributed by atoms with Crippen molar-refractivity contribution in [3.8, 4) is 5.75 Å². The highest BCUT2D eigenvalue weighted by atomic mass is 19.1. The van der Waals surface area contributed by atoms with Crippen LogP contribution in [-0.2, 0) is 20.7 Å². The number of esters is 1. The third-order valence-corrected chi connectivity index (χ3v) is 3.84. The summed E-state index contributed by atoms with van der Waals surface area (Å²) >= 11 is 0. The highest BCUT2D eigenvalue weighted by Gasteiger charge is 2.31. The first-order valence-electron chi connectivity index (χ1n) is 7.02. The largest absolute Gasteiger partial charge is 0.488 e. The predicted molar refractivity (Wildman–Crippen MR) is 72.7 cm³/mol. The minimum absolute atomic E-state index is 0.0156. The predicted octanol–water partition coefficient (Wildman–Crippen LogP) is 1.00. The van der Waals surface area contributed by atoms with E-state index in [9.17, 15) is 9.18 Å². The van der Waals surface area contributed by atoms with Crippen LogP contribution in [0.15, 0.2) is 18.2 Å². The lowest BCUT2D eigenvalue weighted by molar-refractivity contribution is -0.160. The van der Waals surface area contributed by atoms with Crippen molar-refractivity contribution in [1.29, 1.82) is 0 Å². The van der Waals surface area contributed by atoms with Crippen molar-refractivity contribution in [1.82, 2.24) is 4.90 Å². The van der Waals surface area contributed by atoms with Gasteiger partial charge in [-0.2, -0.15) is 0 Å². The average molecular weight is 295 g/mol. The molecule has 0 N–H and O–H groups in total. The van der Waals surface area contributed by atoms with Crippen molar-refractivity contribution in [2.75, 3.05) is 33.4 Å². The van der Waals surface area contributed by atoms with E-state index < -0.39 is 6.10 Å². The third-order valence-electron chi connectivity index (χ3n) is 3.84. The number of carbonyl (C=O) groups is 1. The molecule has 0 aliphatic carbocycles. The molecule has 3 rings (SSSR count). The first kappa shape index (κ1) is 14.3. The van der Waals surface area contributed by atoms with Crippen LogP contribution in [0.25, 0.3) is 0 Å². The number of rotatable bonds is 3.